The van der Waals surface area contributed by atoms with Gasteiger partial charge in [0.1, 0.15) is 17.1 Å². The monoisotopic (exact) mass is 353 g/mol. The van der Waals surface area contributed by atoms with E-state index in [1.165, 1.54) is 7.11 Å². The summed E-state index contributed by atoms with van der Waals surface area (Å²) in [5.41, 5.74) is 8.77. The van der Waals surface area contributed by atoms with Gasteiger partial charge >= 0.3 is 6.09 Å². The number of aromatic nitrogens is 1. The van der Waals surface area contributed by atoms with E-state index in [0.29, 0.717) is 31.1 Å². The largest absolute Gasteiger partial charge is 0.444 e. The maximum Gasteiger partial charge on any atom is 0.410 e. The Labute approximate surface area is 150 Å². The van der Waals surface area contributed by atoms with Crippen molar-refractivity contribution in [1.82, 2.24) is 9.88 Å². The Kier molecular flexibility index (Phi) is 7.29. The zero-order valence-corrected chi connectivity index (χ0v) is 14.8. The van der Waals surface area contributed by atoms with E-state index in [1.54, 1.807) is 4.90 Å². The van der Waals surface area contributed by atoms with Crippen molar-refractivity contribution in [2.24, 2.45) is 0 Å². The van der Waals surface area contributed by atoms with Gasteiger partial charge in [-0.2, -0.15) is 0 Å². The van der Waals surface area contributed by atoms with Crippen molar-refractivity contribution in [3.05, 3.63) is 12.1 Å². The van der Waals surface area contributed by atoms with Crippen molar-refractivity contribution in [2.75, 3.05) is 49.4 Å². The summed E-state index contributed by atoms with van der Waals surface area (Å²) in [4.78, 5) is 25.3. The van der Waals surface area contributed by atoms with E-state index in [1.807, 2.05) is 32.9 Å². The fourth-order valence-corrected chi connectivity index (χ4v) is 2.49. The van der Waals surface area contributed by atoms with Gasteiger partial charge in [-0.3, -0.25) is 10.3 Å². The number of pyridine rings is 1. The molecule has 0 unspecified atom stereocenters. The molecule has 2 rings (SSSR count). The van der Waals surface area contributed by atoms with Crippen molar-refractivity contribution in [1.29, 1.82) is 0 Å². The lowest BCUT2D eigenvalue weighted by atomic mass is 10.2. The van der Waals surface area contributed by atoms with Gasteiger partial charge in [0.2, 0.25) is 0 Å². The zero-order valence-electron chi connectivity index (χ0n) is 14.8. The number of anilines is 3. The van der Waals surface area contributed by atoms with Crippen molar-refractivity contribution in [3.8, 4) is 0 Å². The number of nitrogens with one attached hydrogen (secondary N) is 1. The molecule has 0 atom stereocenters. The van der Waals surface area contributed by atoms with Gasteiger partial charge in [0.25, 0.3) is 0 Å². The molecule has 0 aromatic carbocycles. The summed E-state index contributed by atoms with van der Waals surface area (Å²) in [5.74, 6) is 1.17. The summed E-state index contributed by atoms with van der Waals surface area (Å²) in [6.07, 6.45) is 0.579. The molecule has 0 aliphatic carbocycles. The zero-order chi connectivity index (χ0) is 17.7. The van der Waals surface area contributed by atoms with Gasteiger partial charge in [-0.1, -0.05) is 7.43 Å². The third kappa shape index (κ3) is 5.97. The Bertz CT molecular complexity index is 574. The average Bonchev–Trinajstić information content (AvgIpc) is 2.74. The first-order chi connectivity index (χ1) is 11.3. The molecule has 8 heteroatoms. The van der Waals surface area contributed by atoms with Gasteiger partial charge in [0.05, 0.1) is 7.11 Å². The number of ether oxygens (including phenoxy) is 1. The first-order valence-electron chi connectivity index (χ1n) is 8.08. The highest BCUT2D eigenvalue weighted by molar-refractivity contribution is 5.68. The topological polar surface area (TPSA) is 93.0 Å². The van der Waals surface area contributed by atoms with Crippen LogP contribution < -0.4 is 16.1 Å². The number of hydrogen-bond acceptors (Lipinski definition) is 7. The predicted octanol–water partition coefficient (Wildman–Crippen LogP) is 2.72. The van der Waals surface area contributed by atoms with Crippen LogP contribution in [0.5, 0.6) is 0 Å². The van der Waals surface area contributed by atoms with Crippen LogP contribution in [0.3, 0.4) is 0 Å². The minimum absolute atomic E-state index is 0. The summed E-state index contributed by atoms with van der Waals surface area (Å²) < 4.78 is 5.45. The molecule has 1 aliphatic rings. The minimum Gasteiger partial charge on any atom is -0.444 e. The molecule has 0 saturated carbocycles. The van der Waals surface area contributed by atoms with Gasteiger partial charge in [0, 0.05) is 26.2 Å². The molecule has 2 heterocycles. The van der Waals surface area contributed by atoms with E-state index in [-0.39, 0.29) is 13.5 Å². The molecule has 1 aromatic rings. The molecule has 1 fully saturated rings. The summed E-state index contributed by atoms with van der Waals surface area (Å²) in [6, 6.07) is 3.72. The van der Waals surface area contributed by atoms with Crippen LogP contribution in [-0.4, -0.2) is 54.9 Å². The van der Waals surface area contributed by atoms with Crippen LogP contribution in [0.1, 0.15) is 34.6 Å². The number of nitrogen functional groups attached to an aromatic ring is 1. The molecule has 0 spiro atoms. The molecule has 1 amide bonds. The molecular formula is C17H31N5O3. The molecule has 0 radical (unpaired) electrons. The fraction of sp³-hybridized carbons (Fsp3) is 0.647. The number of amides is 1. The third-order valence-electron chi connectivity index (χ3n) is 3.59. The molecule has 1 saturated heterocycles. The molecule has 1 aliphatic heterocycles. The fourth-order valence-electron chi connectivity index (χ4n) is 2.49. The predicted molar refractivity (Wildman–Crippen MR) is 101 cm³/mol. The Morgan fingerprint density at radius 1 is 1.24 bits per heavy atom. The van der Waals surface area contributed by atoms with E-state index in [4.69, 9.17) is 15.3 Å². The molecule has 25 heavy (non-hydrogen) atoms. The van der Waals surface area contributed by atoms with Crippen LogP contribution in [-0.2, 0) is 9.57 Å². The number of hydrogen-bond donors (Lipinski definition) is 2. The van der Waals surface area contributed by atoms with E-state index in [9.17, 15) is 4.79 Å². The highest BCUT2D eigenvalue weighted by Crippen LogP contribution is 2.22. The number of nitrogens with two attached hydrogens (primary N) is 1. The number of rotatable bonds is 3. The van der Waals surface area contributed by atoms with Gasteiger partial charge in [-0.05, 0) is 39.3 Å². The summed E-state index contributed by atoms with van der Waals surface area (Å²) >= 11 is 0. The molecular weight excluding hydrogens is 322 g/mol. The number of nitrogens with zero attached hydrogens (tertiary/aromatic N) is 3. The Morgan fingerprint density at radius 3 is 2.56 bits per heavy atom. The molecule has 3 N–H and O–H groups in total. The van der Waals surface area contributed by atoms with Crippen molar-refractivity contribution >= 4 is 23.4 Å². The van der Waals surface area contributed by atoms with Crippen molar-refractivity contribution < 1.29 is 14.4 Å². The standard InChI is InChI=1S/C16H27N5O3.CH4/c1-16(2,3)24-15(22)21-9-5-8-20(10-11-21)13-7-6-12(19-23-4)14(17)18-13;/h6-7,19H,5,8-11H2,1-4H3,(H2,17,18);1H4. The SMILES string of the molecule is C.CONc1ccc(N2CCCN(C(=O)OC(C)(C)C)CC2)nc1N. The molecule has 0 bridgehead atoms. The van der Waals surface area contributed by atoms with Crippen LogP contribution in [0, 0.1) is 0 Å². The maximum atomic E-state index is 12.2. The Balaban J connectivity index is 0.00000312. The second-order valence-corrected chi connectivity index (χ2v) is 6.72. The van der Waals surface area contributed by atoms with Crippen molar-refractivity contribution in [3.63, 3.8) is 0 Å². The number of carbonyl (C=O) groups is 1. The lowest BCUT2D eigenvalue weighted by Gasteiger charge is -2.26. The van der Waals surface area contributed by atoms with Gasteiger partial charge in [-0.25, -0.2) is 9.78 Å². The first-order valence-corrected chi connectivity index (χ1v) is 8.08. The van der Waals surface area contributed by atoms with E-state index < -0.39 is 5.60 Å². The Morgan fingerprint density at radius 2 is 1.96 bits per heavy atom. The van der Waals surface area contributed by atoms with Crippen LogP contribution in [0.15, 0.2) is 12.1 Å². The third-order valence-corrected chi connectivity index (χ3v) is 3.59. The molecule has 142 valence electrons. The molecule has 8 nitrogen and oxygen atoms in total. The first kappa shape index (κ1) is 20.8. The highest BCUT2D eigenvalue weighted by atomic mass is 16.6. The van der Waals surface area contributed by atoms with Crippen LogP contribution in [0.25, 0.3) is 0 Å². The van der Waals surface area contributed by atoms with Gasteiger partial charge in [-0.15, -0.1) is 0 Å². The quantitative estimate of drug-likeness (QED) is 0.807. The normalized spacial score (nSPS) is 15.2. The van der Waals surface area contributed by atoms with Gasteiger partial charge < -0.3 is 20.3 Å². The summed E-state index contributed by atoms with van der Waals surface area (Å²) in [5, 5.41) is 0. The second kappa shape index (κ2) is 8.75. The Hall–Kier alpha value is -2.22. The summed E-state index contributed by atoms with van der Waals surface area (Å²) in [7, 11) is 1.52. The van der Waals surface area contributed by atoms with E-state index in [0.717, 1.165) is 18.8 Å². The van der Waals surface area contributed by atoms with Crippen LogP contribution in [0.4, 0.5) is 22.1 Å². The van der Waals surface area contributed by atoms with Crippen LogP contribution >= 0.6 is 0 Å². The second-order valence-electron chi connectivity index (χ2n) is 6.72. The number of carbonyl (C=O) groups excluding carboxylic acids is 1. The van der Waals surface area contributed by atoms with E-state index in [2.05, 4.69) is 15.4 Å². The van der Waals surface area contributed by atoms with E-state index >= 15 is 0 Å². The van der Waals surface area contributed by atoms with Gasteiger partial charge in [0.15, 0.2) is 5.82 Å². The average molecular weight is 353 g/mol. The maximum absolute atomic E-state index is 12.2. The smallest absolute Gasteiger partial charge is 0.410 e. The minimum atomic E-state index is -0.483. The molecule has 1 aromatic heterocycles. The van der Waals surface area contributed by atoms with Crippen molar-refractivity contribution in [2.45, 2.75) is 40.2 Å². The van der Waals surface area contributed by atoms with Crippen LogP contribution in [0.2, 0.25) is 0 Å². The highest BCUT2D eigenvalue weighted by Gasteiger charge is 2.24. The lowest BCUT2D eigenvalue weighted by molar-refractivity contribution is 0.0263. The summed E-state index contributed by atoms with van der Waals surface area (Å²) in [6.45, 7) is 8.37. The lowest BCUT2D eigenvalue weighted by Crippen LogP contribution is -2.39.